The van der Waals surface area contributed by atoms with E-state index in [4.69, 9.17) is 17.3 Å². The molecule has 0 radical (unpaired) electrons. The molecule has 5 heteroatoms. The number of nitrogens with zero attached hydrogens (tertiary/aromatic N) is 1. The van der Waals surface area contributed by atoms with Crippen LogP contribution in [0.3, 0.4) is 0 Å². The van der Waals surface area contributed by atoms with Gasteiger partial charge < -0.3 is 16.0 Å². The van der Waals surface area contributed by atoms with Crippen LogP contribution in [0.5, 0.6) is 0 Å². The minimum atomic E-state index is 0.714. The normalized spacial score (nSPS) is 10.5. The molecular weight excluding hydrogens is 236 g/mol. The van der Waals surface area contributed by atoms with Gasteiger partial charge in [0, 0.05) is 30.4 Å². The van der Waals surface area contributed by atoms with E-state index in [1.54, 1.807) is 6.20 Å². The van der Waals surface area contributed by atoms with E-state index in [2.05, 4.69) is 15.3 Å². The van der Waals surface area contributed by atoms with Crippen LogP contribution >= 0.6 is 11.6 Å². The third-order valence-corrected chi connectivity index (χ3v) is 3.06. The van der Waals surface area contributed by atoms with Crippen LogP contribution in [0.4, 0.5) is 11.4 Å². The molecule has 4 nitrogen and oxygen atoms in total. The molecule has 0 saturated carbocycles. The van der Waals surface area contributed by atoms with Gasteiger partial charge in [0.2, 0.25) is 0 Å². The number of benzene rings is 1. The topological polar surface area (TPSA) is 66.7 Å². The highest BCUT2D eigenvalue weighted by Crippen LogP contribution is 2.29. The maximum absolute atomic E-state index is 6.05. The van der Waals surface area contributed by atoms with Gasteiger partial charge in [-0.25, -0.2) is 4.98 Å². The number of imidazole rings is 1. The van der Waals surface area contributed by atoms with Crippen molar-refractivity contribution in [1.82, 2.24) is 9.97 Å². The number of nitrogen functional groups attached to an aromatic ring is 1. The average molecular weight is 251 g/mol. The van der Waals surface area contributed by atoms with Crippen molar-refractivity contribution < 1.29 is 0 Å². The molecule has 0 spiro atoms. The number of anilines is 2. The summed E-state index contributed by atoms with van der Waals surface area (Å²) in [6.45, 7) is 2.72. The number of nitrogens with two attached hydrogens (primary N) is 1. The number of hydrogen-bond acceptors (Lipinski definition) is 3. The van der Waals surface area contributed by atoms with E-state index in [-0.39, 0.29) is 0 Å². The molecule has 17 heavy (non-hydrogen) atoms. The second-order valence-corrected chi connectivity index (χ2v) is 4.26. The molecular formula is C12H15ClN4. The summed E-state index contributed by atoms with van der Waals surface area (Å²) in [5.41, 5.74) is 8.50. The fourth-order valence-corrected chi connectivity index (χ4v) is 1.84. The van der Waals surface area contributed by atoms with E-state index < -0.39 is 0 Å². The van der Waals surface area contributed by atoms with Gasteiger partial charge in [0.05, 0.1) is 11.4 Å². The van der Waals surface area contributed by atoms with Crippen molar-refractivity contribution in [2.75, 3.05) is 17.6 Å². The van der Waals surface area contributed by atoms with E-state index in [9.17, 15) is 0 Å². The number of halogens is 1. The molecule has 1 aromatic carbocycles. The zero-order valence-corrected chi connectivity index (χ0v) is 10.4. The second-order valence-electron chi connectivity index (χ2n) is 3.85. The molecule has 0 aliphatic rings. The lowest BCUT2D eigenvalue weighted by Gasteiger charge is -2.12. The Hall–Kier alpha value is -1.68. The Morgan fingerprint density at radius 3 is 3.00 bits per heavy atom. The van der Waals surface area contributed by atoms with Crippen LogP contribution in [0.25, 0.3) is 0 Å². The Morgan fingerprint density at radius 1 is 1.47 bits per heavy atom. The molecule has 0 aliphatic heterocycles. The van der Waals surface area contributed by atoms with Crippen molar-refractivity contribution >= 4 is 23.0 Å². The summed E-state index contributed by atoms with van der Waals surface area (Å²) in [7, 11) is 0. The van der Waals surface area contributed by atoms with Gasteiger partial charge in [-0.2, -0.15) is 0 Å². The lowest BCUT2D eigenvalue weighted by Crippen LogP contribution is -2.09. The summed E-state index contributed by atoms with van der Waals surface area (Å²) < 4.78 is 0. The largest absolute Gasteiger partial charge is 0.397 e. The van der Waals surface area contributed by atoms with Crippen LogP contribution in [0.2, 0.25) is 5.02 Å². The van der Waals surface area contributed by atoms with Gasteiger partial charge in [0.15, 0.2) is 0 Å². The second kappa shape index (κ2) is 5.10. The standard InChI is InChI=1S/C12H15ClN4/c1-8-9(13)2-3-10(14)12(8)17-5-4-11-15-6-7-16-11/h2-3,6-7,17H,4-5,14H2,1H3,(H,15,16). The summed E-state index contributed by atoms with van der Waals surface area (Å²) in [6, 6.07) is 3.62. The number of aromatic amines is 1. The Kier molecular flexibility index (Phi) is 3.54. The molecule has 0 aliphatic carbocycles. The molecule has 0 atom stereocenters. The fraction of sp³-hybridized carbons (Fsp3) is 0.250. The van der Waals surface area contributed by atoms with Crippen molar-refractivity contribution in [2.45, 2.75) is 13.3 Å². The zero-order valence-electron chi connectivity index (χ0n) is 9.63. The molecule has 0 fully saturated rings. The van der Waals surface area contributed by atoms with E-state index >= 15 is 0 Å². The highest BCUT2D eigenvalue weighted by atomic mass is 35.5. The van der Waals surface area contributed by atoms with Gasteiger partial charge in [-0.3, -0.25) is 0 Å². The molecule has 0 saturated heterocycles. The van der Waals surface area contributed by atoms with Gasteiger partial charge >= 0.3 is 0 Å². The molecule has 1 aromatic heterocycles. The third-order valence-electron chi connectivity index (χ3n) is 2.65. The van der Waals surface area contributed by atoms with Crippen LogP contribution < -0.4 is 11.1 Å². The van der Waals surface area contributed by atoms with Crippen molar-refractivity contribution in [2.24, 2.45) is 0 Å². The zero-order chi connectivity index (χ0) is 12.3. The van der Waals surface area contributed by atoms with E-state index in [0.717, 1.165) is 35.1 Å². The first kappa shape index (κ1) is 11.8. The lowest BCUT2D eigenvalue weighted by molar-refractivity contribution is 0.926. The molecule has 1 heterocycles. The minimum Gasteiger partial charge on any atom is -0.397 e. The van der Waals surface area contributed by atoms with E-state index in [1.165, 1.54) is 0 Å². The highest BCUT2D eigenvalue weighted by Gasteiger charge is 2.06. The Morgan fingerprint density at radius 2 is 2.29 bits per heavy atom. The molecule has 0 bridgehead atoms. The lowest BCUT2D eigenvalue weighted by atomic mass is 10.1. The predicted octanol–water partition coefficient (Wildman–Crippen LogP) is 2.61. The van der Waals surface area contributed by atoms with Crippen molar-refractivity contribution in [3.8, 4) is 0 Å². The quantitative estimate of drug-likeness (QED) is 0.731. The SMILES string of the molecule is Cc1c(Cl)ccc(N)c1NCCc1ncc[nH]1. The van der Waals surface area contributed by atoms with Gasteiger partial charge in [-0.15, -0.1) is 0 Å². The predicted molar refractivity (Wildman–Crippen MR) is 71.4 cm³/mol. The number of aromatic nitrogens is 2. The third kappa shape index (κ3) is 2.71. The molecule has 2 aromatic rings. The Balaban J connectivity index is 2.01. The summed E-state index contributed by atoms with van der Waals surface area (Å²) in [5.74, 6) is 0.954. The Bertz CT molecular complexity index is 493. The molecule has 4 N–H and O–H groups in total. The first-order valence-electron chi connectivity index (χ1n) is 5.45. The molecule has 2 rings (SSSR count). The van der Waals surface area contributed by atoms with Gasteiger partial charge in [-0.1, -0.05) is 11.6 Å². The van der Waals surface area contributed by atoms with Crippen molar-refractivity contribution in [3.05, 3.63) is 40.9 Å². The summed E-state index contributed by atoms with van der Waals surface area (Å²) in [6.07, 6.45) is 4.38. The number of nitrogens with one attached hydrogen (secondary N) is 2. The summed E-state index contributed by atoms with van der Waals surface area (Å²) in [5, 5.41) is 4.01. The monoisotopic (exact) mass is 250 g/mol. The van der Waals surface area contributed by atoms with Crippen LogP contribution in [0.1, 0.15) is 11.4 Å². The van der Waals surface area contributed by atoms with Crippen LogP contribution in [-0.4, -0.2) is 16.5 Å². The van der Waals surface area contributed by atoms with Gasteiger partial charge in [0.25, 0.3) is 0 Å². The average Bonchev–Trinajstić information content (AvgIpc) is 2.81. The number of rotatable bonds is 4. The van der Waals surface area contributed by atoms with Crippen LogP contribution in [0.15, 0.2) is 24.5 Å². The number of H-pyrrole nitrogens is 1. The fourth-order valence-electron chi connectivity index (χ4n) is 1.68. The van der Waals surface area contributed by atoms with Crippen molar-refractivity contribution in [1.29, 1.82) is 0 Å². The maximum Gasteiger partial charge on any atom is 0.107 e. The van der Waals surface area contributed by atoms with Crippen LogP contribution in [0, 0.1) is 6.92 Å². The first-order valence-corrected chi connectivity index (χ1v) is 5.83. The van der Waals surface area contributed by atoms with Crippen LogP contribution in [-0.2, 0) is 6.42 Å². The van der Waals surface area contributed by atoms with Gasteiger partial charge in [-0.05, 0) is 24.6 Å². The summed E-state index contributed by atoms with van der Waals surface area (Å²) in [4.78, 5) is 7.21. The molecule has 0 unspecified atom stereocenters. The van der Waals surface area contributed by atoms with E-state index in [0.29, 0.717) is 5.69 Å². The molecule has 0 amide bonds. The van der Waals surface area contributed by atoms with E-state index in [1.807, 2.05) is 25.3 Å². The Labute approximate surface area is 105 Å². The highest BCUT2D eigenvalue weighted by molar-refractivity contribution is 6.31. The summed E-state index contributed by atoms with van der Waals surface area (Å²) >= 11 is 6.05. The first-order chi connectivity index (χ1) is 8.18. The maximum atomic E-state index is 6.05. The minimum absolute atomic E-state index is 0.714. The molecule has 90 valence electrons. The van der Waals surface area contributed by atoms with Gasteiger partial charge in [0.1, 0.15) is 5.82 Å². The van der Waals surface area contributed by atoms with Crippen molar-refractivity contribution in [3.63, 3.8) is 0 Å². The number of hydrogen-bond donors (Lipinski definition) is 3. The smallest absolute Gasteiger partial charge is 0.107 e.